The molecule has 31 heavy (non-hydrogen) atoms. The molecule has 1 unspecified atom stereocenters. The third kappa shape index (κ3) is 3.43. The van der Waals surface area contributed by atoms with Gasteiger partial charge in [-0.15, -0.1) is 0 Å². The van der Waals surface area contributed by atoms with Crippen LogP contribution < -0.4 is 5.73 Å². The Bertz CT molecular complexity index is 1430. The molecule has 2 aromatic heterocycles. The van der Waals surface area contributed by atoms with Crippen molar-refractivity contribution in [3.05, 3.63) is 52.5 Å². The van der Waals surface area contributed by atoms with E-state index in [-0.39, 0.29) is 37.3 Å². The van der Waals surface area contributed by atoms with E-state index in [1.165, 1.54) is 18.2 Å². The zero-order valence-electron chi connectivity index (χ0n) is 16.3. The molecule has 1 aliphatic heterocycles. The molecule has 1 atom stereocenters. The monoisotopic (exact) mass is 476 g/mol. The summed E-state index contributed by atoms with van der Waals surface area (Å²) in [5.74, 6) is 0.0526. The fraction of sp³-hybridized carbons (Fsp3) is 0.238. The Balaban J connectivity index is 1.81. The van der Waals surface area contributed by atoms with E-state index in [0.717, 1.165) is 12.8 Å². The van der Waals surface area contributed by atoms with Crippen LogP contribution in [0, 0.1) is 0 Å². The predicted octanol–water partition coefficient (Wildman–Crippen LogP) is 4.49. The van der Waals surface area contributed by atoms with Crippen LogP contribution in [0.2, 0.25) is 10.0 Å². The number of anilines is 1. The van der Waals surface area contributed by atoms with Crippen LogP contribution in [-0.4, -0.2) is 35.7 Å². The Morgan fingerprint density at radius 1 is 1.13 bits per heavy atom. The third-order valence-electron chi connectivity index (χ3n) is 5.41. The second-order valence-corrected chi connectivity index (χ2v) is 10.1. The van der Waals surface area contributed by atoms with Gasteiger partial charge in [-0.05, 0) is 43.2 Å². The largest absolute Gasteiger partial charge is 0.384 e. The van der Waals surface area contributed by atoms with E-state index < -0.39 is 9.84 Å². The van der Waals surface area contributed by atoms with Crippen molar-refractivity contribution in [3.63, 3.8) is 0 Å². The first-order valence-electron chi connectivity index (χ1n) is 9.72. The number of aromatic nitrogens is 3. The number of halogens is 2. The average Bonchev–Trinajstić information content (AvgIpc) is 3.35. The third-order valence-corrected chi connectivity index (χ3v) is 7.94. The number of hydrogen-bond acceptors (Lipinski definition) is 6. The van der Waals surface area contributed by atoms with Gasteiger partial charge in [0.2, 0.25) is 9.84 Å². The average molecular weight is 477 g/mol. The lowest BCUT2D eigenvalue weighted by Gasteiger charge is -2.13. The topological polar surface area (TPSA) is 100 Å². The highest BCUT2D eigenvalue weighted by atomic mass is 35.5. The molecule has 0 aliphatic carbocycles. The van der Waals surface area contributed by atoms with Gasteiger partial charge in [0.05, 0.1) is 33.6 Å². The zero-order valence-corrected chi connectivity index (χ0v) is 18.6. The number of nitrogen functional groups attached to an aromatic ring is 1. The van der Waals surface area contributed by atoms with E-state index in [1.54, 1.807) is 10.6 Å². The molecular formula is C21H18Cl2N4O3S. The first-order valence-corrected chi connectivity index (χ1v) is 12.0. The summed E-state index contributed by atoms with van der Waals surface area (Å²) in [6.45, 7) is 1.05. The normalized spacial score (nSPS) is 17.0. The maximum absolute atomic E-state index is 13.7. The van der Waals surface area contributed by atoms with Crippen molar-refractivity contribution < 1.29 is 13.2 Å². The van der Waals surface area contributed by atoms with Crippen LogP contribution in [0.3, 0.4) is 0 Å². The minimum absolute atomic E-state index is 0.0526. The lowest BCUT2D eigenvalue weighted by Crippen LogP contribution is -2.17. The summed E-state index contributed by atoms with van der Waals surface area (Å²) < 4.78 is 34.8. The van der Waals surface area contributed by atoms with Gasteiger partial charge in [0, 0.05) is 11.6 Å². The number of rotatable bonds is 4. The zero-order chi connectivity index (χ0) is 21.8. The molecule has 4 aromatic rings. The molecule has 1 saturated heterocycles. The molecule has 0 amide bonds. The lowest BCUT2D eigenvalue weighted by molar-refractivity contribution is 0.0983. The van der Waals surface area contributed by atoms with E-state index in [2.05, 4.69) is 9.97 Å². The van der Waals surface area contributed by atoms with Gasteiger partial charge >= 0.3 is 0 Å². The van der Waals surface area contributed by atoms with Crippen molar-refractivity contribution in [1.29, 1.82) is 0 Å². The number of fused-ring (bicyclic) bond motifs is 2. The van der Waals surface area contributed by atoms with Gasteiger partial charge in [-0.1, -0.05) is 35.3 Å². The van der Waals surface area contributed by atoms with Crippen molar-refractivity contribution in [2.45, 2.75) is 35.3 Å². The van der Waals surface area contributed by atoms with Crippen LogP contribution in [0.5, 0.6) is 0 Å². The number of para-hydroxylation sites is 2. The molecule has 5 rings (SSSR count). The second kappa shape index (κ2) is 7.63. The maximum Gasteiger partial charge on any atom is 0.213 e. The fourth-order valence-electron chi connectivity index (χ4n) is 3.92. The summed E-state index contributed by atoms with van der Waals surface area (Å²) in [7, 11) is -4.14. The van der Waals surface area contributed by atoms with E-state index in [0.29, 0.717) is 29.8 Å². The Labute approximate surface area is 188 Å². The second-order valence-electron chi connectivity index (χ2n) is 7.42. The van der Waals surface area contributed by atoms with Crippen LogP contribution >= 0.6 is 23.2 Å². The van der Waals surface area contributed by atoms with Gasteiger partial charge in [0.15, 0.2) is 5.65 Å². The maximum atomic E-state index is 13.7. The molecule has 0 saturated carbocycles. The highest BCUT2D eigenvalue weighted by Crippen LogP contribution is 2.38. The molecule has 0 radical (unpaired) electrons. The lowest BCUT2D eigenvalue weighted by atomic mass is 10.2. The van der Waals surface area contributed by atoms with Gasteiger partial charge < -0.3 is 15.0 Å². The Morgan fingerprint density at radius 3 is 2.58 bits per heavy atom. The molecule has 2 N–H and O–H groups in total. The predicted molar refractivity (Wildman–Crippen MR) is 120 cm³/mol. The van der Waals surface area contributed by atoms with Crippen molar-refractivity contribution >= 4 is 61.1 Å². The summed E-state index contributed by atoms with van der Waals surface area (Å²) in [6, 6.07) is 11.6. The van der Waals surface area contributed by atoms with Crippen LogP contribution in [0.1, 0.15) is 12.8 Å². The minimum Gasteiger partial charge on any atom is -0.384 e. The van der Waals surface area contributed by atoms with E-state index in [9.17, 15) is 8.42 Å². The SMILES string of the molecule is Nc1c(S(=O)(=O)c2cc(Cl)ccc2Cl)c2nc3ccccc3nc2n1CC1CCCO1. The summed E-state index contributed by atoms with van der Waals surface area (Å²) in [6.07, 6.45) is 1.74. The molecule has 1 aliphatic rings. The number of hydrogen-bond donors (Lipinski definition) is 1. The van der Waals surface area contributed by atoms with Gasteiger partial charge in [-0.25, -0.2) is 18.4 Å². The first-order chi connectivity index (χ1) is 14.9. The van der Waals surface area contributed by atoms with Gasteiger partial charge in [-0.2, -0.15) is 0 Å². The summed E-state index contributed by atoms with van der Waals surface area (Å²) >= 11 is 12.3. The number of sulfone groups is 1. The van der Waals surface area contributed by atoms with Crippen LogP contribution in [0.15, 0.2) is 52.3 Å². The number of benzene rings is 2. The number of nitrogens with zero attached hydrogens (tertiary/aromatic N) is 3. The first kappa shape index (κ1) is 20.5. The van der Waals surface area contributed by atoms with E-state index in [1.807, 2.05) is 18.2 Å². The molecule has 0 spiro atoms. The van der Waals surface area contributed by atoms with Gasteiger partial charge in [0.25, 0.3) is 0 Å². The standard InChI is InChI=1S/C21H18Cl2N4O3S/c22-12-7-8-14(23)17(10-12)31(28,29)19-18-21(26-16-6-2-1-5-15(16)25-18)27(20(19)24)11-13-4-3-9-30-13/h1-2,5-8,10,13H,3-4,9,11,24H2. The quantitative estimate of drug-likeness (QED) is 0.465. The summed E-state index contributed by atoms with van der Waals surface area (Å²) in [5.41, 5.74) is 8.24. The van der Waals surface area contributed by atoms with Crippen molar-refractivity contribution in [1.82, 2.24) is 14.5 Å². The van der Waals surface area contributed by atoms with Crippen LogP contribution in [0.4, 0.5) is 5.82 Å². The molecule has 1 fully saturated rings. The number of nitrogens with two attached hydrogens (primary N) is 1. The van der Waals surface area contributed by atoms with E-state index >= 15 is 0 Å². The Morgan fingerprint density at radius 2 is 1.87 bits per heavy atom. The van der Waals surface area contributed by atoms with Crippen molar-refractivity contribution in [2.75, 3.05) is 12.3 Å². The molecule has 7 nitrogen and oxygen atoms in total. The Kier molecular flexibility index (Phi) is 5.05. The summed E-state index contributed by atoms with van der Waals surface area (Å²) in [4.78, 5) is 9.06. The van der Waals surface area contributed by atoms with Crippen LogP contribution in [0.25, 0.3) is 22.2 Å². The Hall–Kier alpha value is -2.39. The molecule has 10 heteroatoms. The van der Waals surface area contributed by atoms with Gasteiger partial charge in [-0.3, -0.25) is 0 Å². The number of ether oxygens (including phenoxy) is 1. The highest BCUT2D eigenvalue weighted by molar-refractivity contribution is 7.92. The highest BCUT2D eigenvalue weighted by Gasteiger charge is 2.33. The van der Waals surface area contributed by atoms with E-state index in [4.69, 9.17) is 33.7 Å². The molecule has 160 valence electrons. The molecule has 3 heterocycles. The van der Waals surface area contributed by atoms with Crippen LogP contribution in [-0.2, 0) is 21.1 Å². The van der Waals surface area contributed by atoms with Gasteiger partial charge in [0.1, 0.15) is 16.2 Å². The molecular weight excluding hydrogens is 459 g/mol. The van der Waals surface area contributed by atoms with Crippen molar-refractivity contribution in [2.24, 2.45) is 0 Å². The van der Waals surface area contributed by atoms with Crippen molar-refractivity contribution in [3.8, 4) is 0 Å². The molecule has 0 bridgehead atoms. The smallest absolute Gasteiger partial charge is 0.213 e. The fourth-order valence-corrected chi connectivity index (χ4v) is 6.19. The molecule has 2 aromatic carbocycles. The minimum atomic E-state index is -4.14. The summed E-state index contributed by atoms with van der Waals surface area (Å²) in [5, 5.41) is 0.304.